The Morgan fingerprint density at radius 3 is 2.68 bits per heavy atom. The van der Waals surface area contributed by atoms with Gasteiger partial charge in [0.25, 0.3) is 0 Å². The first-order valence-corrected chi connectivity index (χ1v) is 12.6. The van der Waals surface area contributed by atoms with Gasteiger partial charge in [0.15, 0.2) is 0 Å². The molecule has 3 aliphatic carbocycles. The number of hydrogen-bond donors (Lipinski definition) is 1. The summed E-state index contributed by atoms with van der Waals surface area (Å²) >= 11 is 0. The van der Waals surface area contributed by atoms with Crippen LogP contribution in [-0.4, -0.2) is 52.4 Å². The molecule has 1 saturated carbocycles. The van der Waals surface area contributed by atoms with Gasteiger partial charge in [-0.3, -0.25) is 0 Å². The van der Waals surface area contributed by atoms with Gasteiger partial charge in [0.2, 0.25) is 0 Å². The predicted molar refractivity (Wildman–Crippen MR) is 138 cm³/mol. The molecule has 0 saturated heterocycles. The molecular weight excluding hydrogens is 422 g/mol. The molecule has 1 aromatic heterocycles. The van der Waals surface area contributed by atoms with Crippen molar-refractivity contribution in [1.82, 2.24) is 14.5 Å². The number of rotatable bonds is 9. The number of aryl methyl sites for hydroxylation is 2. The van der Waals surface area contributed by atoms with E-state index in [0.29, 0.717) is 5.92 Å². The monoisotopic (exact) mass is 459 g/mol. The van der Waals surface area contributed by atoms with Gasteiger partial charge in [0.05, 0.1) is 18.2 Å². The molecular formula is C29H37N3O2. The molecule has 3 unspecified atom stereocenters. The Hall–Kier alpha value is -2.63. The summed E-state index contributed by atoms with van der Waals surface area (Å²) in [7, 11) is 5.95. The molecule has 0 radical (unpaired) electrons. The number of imidazole rings is 1. The minimum atomic E-state index is -0.566. The lowest BCUT2D eigenvalue weighted by Gasteiger charge is -2.48. The number of hydrogen-bond acceptors (Lipinski definition) is 4. The standard InChI is InChI=1S/C29H37N3O2/c1-31(17-8-13-27-30-28-25(32(27)2)11-7-12-26(28)34-3)18-16-29(33)20-22-14-15-23(29)19-24(22)21-9-5-4-6-10-21/h4-7,9-12,19,22-23,33H,8,13-18,20H2,1-3H3. The van der Waals surface area contributed by atoms with Crippen LogP contribution in [0.3, 0.4) is 0 Å². The number of ether oxygens (including phenoxy) is 1. The molecule has 3 atom stereocenters. The van der Waals surface area contributed by atoms with Crippen LogP contribution in [-0.2, 0) is 13.5 Å². The van der Waals surface area contributed by atoms with E-state index in [1.54, 1.807) is 7.11 Å². The van der Waals surface area contributed by atoms with Crippen molar-refractivity contribution in [3.8, 4) is 5.75 Å². The Morgan fingerprint density at radius 2 is 1.94 bits per heavy atom. The first-order chi connectivity index (χ1) is 16.5. The summed E-state index contributed by atoms with van der Waals surface area (Å²) in [6, 6.07) is 16.8. The number of para-hydroxylation sites is 1. The molecule has 6 rings (SSSR count). The van der Waals surface area contributed by atoms with Gasteiger partial charge in [-0.25, -0.2) is 4.98 Å². The van der Waals surface area contributed by atoms with Crippen LogP contribution in [0, 0.1) is 11.8 Å². The van der Waals surface area contributed by atoms with E-state index in [4.69, 9.17) is 9.72 Å². The number of aliphatic hydroxyl groups is 1. The van der Waals surface area contributed by atoms with Gasteiger partial charge in [-0.05, 0) is 74.9 Å². The molecule has 5 heteroatoms. The average Bonchev–Trinajstić information content (AvgIpc) is 3.19. The smallest absolute Gasteiger partial charge is 0.146 e. The van der Waals surface area contributed by atoms with Gasteiger partial charge in [-0.1, -0.05) is 42.5 Å². The summed E-state index contributed by atoms with van der Waals surface area (Å²) < 4.78 is 7.65. The van der Waals surface area contributed by atoms with Crippen LogP contribution in [0.1, 0.15) is 43.5 Å². The highest BCUT2D eigenvalue weighted by Gasteiger charge is 2.46. The quantitative estimate of drug-likeness (QED) is 0.485. The van der Waals surface area contributed by atoms with E-state index in [-0.39, 0.29) is 5.92 Å². The predicted octanol–water partition coefficient (Wildman–Crippen LogP) is 5.08. The molecule has 3 aliphatic rings. The number of fused-ring (bicyclic) bond motifs is 3. The van der Waals surface area contributed by atoms with E-state index >= 15 is 0 Å². The molecule has 34 heavy (non-hydrogen) atoms. The zero-order chi connectivity index (χ0) is 23.7. The van der Waals surface area contributed by atoms with Gasteiger partial charge in [0.1, 0.15) is 17.1 Å². The van der Waals surface area contributed by atoms with Crippen molar-refractivity contribution in [2.75, 3.05) is 27.2 Å². The maximum Gasteiger partial charge on any atom is 0.146 e. The van der Waals surface area contributed by atoms with Gasteiger partial charge in [0, 0.05) is 25.9 Å². The Labute approximate surface area is 203 Å². The van der Waals surface area contributed by atoms with Crippen LogP contribution < -0.4 is 4.74 Å². The lowest BCUT2D eigenvalue weighted by Crippen LogP contribution is -2.48. The summed E-state index contributed by atoms with van der Waals surface area (Å²) in [5.41, 5.74) is 4.27. The largest absolute Gasteiger partial charge is 0.494 e. The fourth-order valence-electron chi connectivity index (χ4n) is 6.06. The summed E-state index contributed by atoms with van der Waals surface area (Å²) in [4.78, 5) is 7.21. The number of aromatic nitrogens is 2. The molecule has 2 aromatic carbocycles. The zero-order valence-corrected chi connectivity index (χ0v) is 20.7. The van der Waals surface area contributed by atoms with E-state index < -0.39 is 5.60 Å². The van der Waals surface area contributed by atoms with Crippen LogP contribution >= 0.6 is 0 Å². The molecule has 1 heterocycles. The normalized spacial score (nSPS) is 24.1. The second kappa shape index (κ2) is 9.55. The third kappa shape index (κ3) is 4.39. The highest BCUT2D eigenvalue weighted by Crippen LogP contribution is 2.51. The van der Waals surface area contributed by atoms with E-state index in [0.717, 1.165) is 67.8 Å². The molecule has 5 nitrogen and oxygen atoms in total. The third-order valence-corrected chi connectivity index (χ3v) is 8.10. The van der Waals surface area contributed by atoms with Crippen molar-refractivity contribution >= 4 is 16.6 Å². The van der Waals surface area contributed by atoms with Crippen LogP contribution in [0.4, 0.5) is 0 Å². The molecule has 2 bridgehead atoms. The summed E-state index contributed by atoms with van der Waals surface area (Å²) in [5, 5.41) is 11.5. The van der Waals surface area contributed by atoms with E-state index in [1.165, 1.54) is 17.6 Å². The van der Waals surface area contributed by atoms with E-state index in [2.05, 4.69) is 66.0 Å². The Kier molecular flexibility index (Phi) is 6.50. The van der Waals surface area contributed by atoms with E-state index in [1.807, 2.05) is 12.1 Å². The second-order valence-electron chi connectivity index (χ2n) is 10.2. The van der Waals surface area contributed by atoms with Crippen LogP contribution in [0.25, 0.3) is 16.6 Å². The minimum absolute atomic E-state index is 0.274. The number of allylic oxidation sites excluding steroid dienone is 1. The first-order valence-electron chi connectivity index (χ1n) is 12.6. The van der Waals surface area contributed by atoms with Crippen molar-refractivity contribution in [3.63, 3.8) is 0 Å². The van der Waals surface area contributed by atoms with Crippen LogP contribution in [0.2, 0.25) is 0 Å². The summed E-state index contributed by atoms with van der Waals surface area (Å²) in [6.45, 7) is 1.92. The topological polar surface area (TPSA) is 50.5 Å². The molecule has 1 N–H and O–H groups in total. The van der Waals surface area contributed by atoms with Gasteiger partial charge >= 0.3 is 0 Å². The first kappa shape index (κ1) is 23.1. The Bertz CT molecular complexity index is 1170. The molecule has 180 valence electrons. The van der Waals surface area contributed by atoms with Crippen molar-refractivity contribution in [1.29, 1.82) is 0 Å². The van der Waals surface area contributed by atoms with Crippen molar-refractivity contribution in [3.05, 3.63) is 66.0 Å². The maximum absolute atomic E-state index is 11.5. The number of methoxy groups -OCH3 is 1. The fraction of sp³-hybridized carbons (Fsp3) is 0.483. The fourth-order valence-corrected chi connectivity index (χ4v) is 6.06. The van der Waals surface area contributed by atoms with Gasteiger partial charge in [-0.15, -0.1) is 0 Å². The van der Waals surface area contributed by atoms with Crippen molar-refractivity contribution in [2.45, 2.75) is 44.1 Å². The van der Waals surface area contributed by atoms with Crippen LogP contribution in [0.5, 0.6) is 5.75 Å². The number of benzene rings is 2. The molecule has 0 spiro atoms. The molecule has 0 amide bonds. The van der Waals surface area contributed by atoms with Crippen molar-refractivity contribution < 1.29 is 9.84 Å². The highest BCUT2D eigenvalue weighted by molar-refractivity contribution is 5.82. The maximum atomic E-state index is 11.5. The molecule has 3 aromatic rings. The summed E-state index contributed by atoms with van der Waals surface area (Å²) in [6.07, 6.45) is 8.40. The third-order valence-electron chi connectivity index (χ3n) is 8.10. The molecule has 0 aliphatic heterocycles. The summed E-state index contributed by atoms with van der Waals surface area (Å²) in [5.74, 6) is 2.68. The average molecular weight is 460 g/mol. The number of nitrogens with zero attached hydrogens (tertiary/aromatic N) is 3. The van der Waals surface area contributed by atoms with Gasteiger partial charge in [-0.2, -0.15) is 0 Å². The Balaban J connectivity index is 1.15. The lowest BCUT2D eigenvalue weighted by molar-refractivity contribution is -0.0574. The highest BCUT2D eigenvalue weighted by atomic mass is 16.5. The Morgan fingerprint density at radius 1 is 1.12 bits per heavy atom. The van der Waals surface area contributed by atoms with E-state index in [9.17, 15) is 5.11 Å². The lowest BCUT2D eigenvalue weighted by atomic mass is 9.61. The minimum Gasteiger partial charge on any atom is -0.494 e. The zero-order valence-electron chi connectivity index (χ0n) is 20.7. The second-order valence-corrected chi connectivity index (χ2v) is 10.2. The van der Waals surface area contributed by atoms with Gasteiger partial charge < -0.3 is 19.3 Å². The molecule has 1 fully saturated rings. The van der Waals surface area contributed by atoms with Crippen molar-refractivity contribution in [2.24, 2.45) is 18.9 Å². The van der Waals surface area contributed by atoms with Crippen LogP contribution in [0.15, 0.2) is 54.6 Å². The SMILES string of the molecule is COc1cccc2c1nc(CCCN(C)CCC1(O)CC3CCC1C=C3c1ccccc1)n2C.